The number of carboxylic acids is 1. The molecular weight excluding hydrogens is 242 g/mol. The Morgan fingerprint density at radius 3 is 3.00 bits per heavy atom. The summed E-state index contributed by atoms with van der Waals surface area (Å²) >= 11 is 1.41. The largest absolute Gasteiger partial charge is 0.478 e. The van der Waals surface area contributed by atoms with Crippen molar-refractivity contribution in [3.63, 3.8) is 0 Å². The van der Waals surface area contributed by atoms with Gasteiger partial charge in [-0.25, -0.2) is 4.79 Å². The molecule has 2 N–H and O–H groups in total. The molecule has 0 atom stereocenters. The van der Waals surface area contributed by atoms with Crippen molar-refractivity contribution in [2.75, 3.05) is 0 Å². The Kier molecular flexibility index (Phi) is 3.50. The fourth-order valence-corrected chi connectivity index (χ4v) is 2.12. The minimum atomic E-state index is -0.902. The lowest BCUT2D eigenvalue weighted by Gasteiger charge is -1.97. The molecule has 0 aliphatic carbocycles. The van der Waals surface area contributed by atoms with Gasteiger partial charge in [0.2, 0.25) is 5.89 Å². The number of aromatic carboxylic acids is 1. The smallest absolute Gasteiger partial charge is 0.336 e. The minimum Gasteiger partial charge on any atom is -0.478 e. The van der Waals surface area contributed by atoms with Crippen molar-refractivity contribution in [2.24, 2.45) is 0 Å². The first-order valence-electron chi connectivity index (χ1n) is 4.96. The third-order valence-electron chi connectivity index (χ3n) is 2.05. The monoisotopic (exact) mass is 253 g/mol. The van der Waals surface area contributed by atoms with Crippen LogP contribution in [0.2, 0.25) is 0 Å². The van der Waals surface area contributed by atoms with Gasteiger partial charge in [-0.15, -0.1) is 11.3 Å². The Hall–Kier alpha value is -1.73. The molecule has 0 saturated heterocycles. The van der Waals surface area contributed by atoms with Crippen molar-refractivity contribution in [3.05, 3.63) is 33.6 Å². The zero-order valence-electron chi connectivity index (χ0n) is 9.14. The average Bonchev–Trinajstić information content (AvgIpc) is 2.88. The minimum absolute atomic E-state index is 0.321. The molecular formula is C10H11N3O3S. The van der Waals surface area contributed by atoms with E-state index in [1.165, 1.54) is 11.3 Å². The van der Waals surface area contributed by atoms with Crippen LogP contribution < -0.4 is 5.32 Å². The van der Waals surface area contributed by atoms with Gasteiger partial charge in [0.25, 0.3) is 0 Å². The third-order valence-corrected chi connectivity index (χ3v) is 2.99. The number of carboxylic acid groups (broad SMARTS) is 1. The van der Waals surface area contributed by atoms with Gasteiger partial charge >= 0.3 is 5.97 Å². The molecule has 0 fully saturated rings. The van der Waals surface area contributed by atoms with Crippen LogP contribution >= 0.6 is 11.3 Å². The first-order chi connectivity index (χ1) is 8.15. The van der Waals surface area contributed by atoms with Gasteiger partial charge in [0.15, 0.2) is 5.82 Å². The van der Waals surface area contributed by atoms with Gasteiger partial charge in [-0.1, -0.05) is 5.16 Å². The predicted octanol–water partition coefficient (Wildman–Crippen LogP) is 1.43. The Balaban J connectivity index is 1.83. The lowest BCUT2D eigenvalue weighted by atomic mass is 10.3. The molecule has 0 saturated carbocycles. The van der Waals surface area contributed by atoms with Crippen molar-refractivity contribution in [2.45, 2.75) is 20.0 Å². The number of aromatic nitrogens is 2. The van der Waals surface area contributed by atoms with E-state index in [9.17, 15) is 4.79 Å². The van der Waals surface area contributed by atoms with Crippen LogP contribution in [0.3, 0.4) is 0 Å². The maximum absolute atomic E-state index is 10.7. The van der Waals surface area contributed by atoms with Crippen LogP contribution in [-0.4, -0.2) is 21.2 Å². The van der Waals surface area contributed by atoms with Gasteiger partial charge in [-0.3, -0.25) is 0 Å². The van der Waals surface area contributed by atoms with Crippen LogP contribution in [0.15, 0.2) is 16.0 Å². The number of thiophene rings is 1. The summed E-state index contributed by atoms with van der Waals surface area (Å²) in [5.41, 5.74) is 0.321. The van der Waals surface area contributed by atoms with Crippen LogP contribution in [0.25, 0.3) is 0 Å². The van der Waals surface area contributed by atoms with Crippen LogP contribution in [0.5, 0.6) is 0 Å². The molecule has 90 valence electrons. The quantitative estimate of drug-likeness (QED) is 0.838. The van der Waals surface area contributed by atoms with Gasteiger partial charge in [-0.05, 0) is 6.07 Å². The fourth-order valence-electron chi connectivity index (χ4n) is 1.30. The van der Waals surface area contributed by atoms with Gasteiger partial charge in [0, 0.05) is 23.7 Å². The highest BCUT2D eigenvalue weighted by atomic mass is 32.1. The number of nitrogens with zero attached hydrogens (tertiary/aromatic N) is 2. The maximum atomic E-state index is 10.7. The van der Waals surface area contributed by atoms with E-state index in [0.717, 1.165) is 4.88 Å². The molecule has 0 aliphatic heterocycles. The van der Waals surface area contributed by atoms with Crippen molar-refractivity contribution in [1.29, 1.82) is 0 Å². The summed E-state index contributed by atoms with van der Waals surface area (Å²) in [5, 5.41) is 17.2. The molecule has 0 aliphatic rings. The zero-order chi connectivity index (χ0) is 12.3. The number of aryl methyl sites for hydroxylation is 1. The van der Waals surface area contributed by atoms with Gasteiger partial charge in [0.05, 0.1) is 12.1 Å². The number of nitrogens with one attached hydrogen (secondary N) is 1. The summed E-state index contributed by atoms with van der Waals surface area (Å²) in [4.78, 5) is 15.7. The topological polar surface area (TPSA) is 88.2 Å². The fraction of sp³-hybridized carbons (Fsp3) is 0.300. The van der Waals surface area contributed by atoms with E-state index in [4.69, 9.17) is 9.63 Å². The van der Waals surface area contributed by atoms with E-state index >= 15 is 0 Å². The van der Waals surface area contributed by atoms with E-state index in [0.29, 0.717) is 30.4 Å². The van der Waals surface area contributed by atoms with Crippen molar-refractivity contribution >= 4 is 17.3 Å². The molecule has 6 nitrogen and oxygen atoms in total. The molecule has 17 heavy (non-hydrogen) atoms. The number of hydrogen-bond donors (Lipinski definition) is 2. The van der Waals surface area contributed by atoms with Crippen LogP contribution in [0.4, 0.5) is 0 Å². The summed E-state index contributed by atoms with van der Waals surface area (Å²) in [5.74, 6) is 0.227. The first kappa shape index (κ1) is 11.7. The highest BCUT2D eigenvalue weighted by molar-refractivity contribution is 7.10. The van der Waals surface area contributed by atoms with Crippen LogP contribution in [-0.2, 0) is 13.1 Å². The standard InChI is InChI=1S/C10H11N3O3S/c1-6-12-9(13-16-6)4-11-3-8-2-7(5-17-8)10(14)15/h2,5,11H,3-4H2,1H3,(H,14,15). The molecule has 0 aromatic carbocycles. The van der Waals surface area contributed by atoms with Crippen LogP contribution in [0, 0.1) is 6.92 Å². The van der Waals surface area contributed by atoms with E-state index in [-0.39, 0.29) is 0 Å². The number of hydrogen-bond acceptors (Lipinski definition) is 6. The molecule has 0 amide bonds. The highest BCUT2D eigenvalue weighted by Crippen LogP contribution is 2.14. The lowest BCUT2D eigenvalue weighted by Crippen LogP contribution is -2.12. The third kappa shape index (κ3) is 3.11. The van der Waals surface area contributed by atoms with E-state index in [2.05, 4.69) is 15.5 Å². The Labute approximate surface area is 101 Å². The van der Waals surface area contributed by atoms with E-state index in [1.54, 1.807) is 18.4 Å². The Morgan fingerprint density at radius 1 is 1.59 bits per heavy atom. The van der Waals surface area contributed by atoms with Gasteiger partial charge in [-0.2, -0.15) is 4.98 Å². The van der Waals surface area contributed by atoms with E-state index in [1.807, 2.05) is 0 Å². The molecule has 2 aromatic heterocycles. The summed E-state index contributed by atoms with van der Waals surface area (Å²) < 4.78 is 4.83. The summed E-state index contributed by atoms with van der Waals surface area (Å²) in [6, 6.07) is 1.65. The van der Waals surface area contributed by atoms with Crippen molar-refractivity contribution in [1.82, 2.24) is 15.5 Å². The first-order valence-corrected chi connectivity index (χ1v) is 5.83. The lowest BCUT2D eigenvalue weighted by molar-refractivity contribution is 0.0697. The normalized spacial score (nSPS) is 10.6. The van der Waals surface area contributed by atoms with Gasteiger partial charge < -0.3 is 14.9 Å². The number of carbonyl (C=O) groups is 1. The molecule has 7 heteroatoms. The van der Waals surface area contributed by atoms with E-state index < -0.39 is 5.97 Å². The van der Waals surface area contributed by atoms with Crippen LogP contribution in [0.1, 0.15) is 27.0 Å². The van der Waals surface area contributed by atoms with Crippen molar-refractivity contribution < 1.29 is 14.4 Å². The zero-order valence-corrected chi connectivity index (χ0v) is 9.95. The maximum Gasteiger partial charge on any atom is 0.336 e. The molecule has 2 heterocycles. The molecule has 2 rings (SSSR count). The second-order valence-corrected chi connectivity index (χ2v) is 4.44. The highest BCUT2D eigenvalue weighted by Gasteiger charge is 2.06. The molecule has 0 unspecified atom stereocenters. The average molecular weight is 253 g/mol. The molecule has 0 bridgehead atoms. The summed E-state index contributed by atoms with van der Waals surface area (Å²) in [6.07, 6.45) is 0. The SMILES string of the molecule is Cc1nc(CNCc2cc(C(=O)O)cs2)no1. The molecule has 2 aromatic rings. The van der Waals surface area contributed by atoms with Crippen molar-refractivity contribution in [3.8, 4) is 0 Å². The molecule has 0 radical (unpaired) electrons. The Bertz CT molecular complexity index is 520. The second-order valence-electron chi connectivity index (χ2n) is 3.44. The molecule has 0 spiro atoms. The predicted molar refractivity (Wildman–Crippen MR) is 60.9 cm³/mol. The van der Waals surface area contributed by atoms with Gasteiger partial charge in [0.1, 0.15) is 0 Å². The summed E-state index contributed by atoms with van der Waals surface area (Å²) in [6.45, 7) is 2.82. The summed E-state index contributed by atoms with van der Waals surface area (Å²) in [7, 11) is 0. The second kappa shape index (κ2) is 5.07. The Morgan fingerprint density at radius 2 is 2.41 bits per heavy atom. The number of rotatable bonds is 5.